The number of hydrogen-bond donors (Lipinski definition) is 2. The molecule has 2 aliphatic heterocycles. The van der Waals surface area contributed by atoms with Crippen LogP contribution in [-0.4, -0.2) is 57.6 Å². The first-order valence-electron chi connectivity index (χ1n) is 12.1. The van der Waals surface area contributed by atoms with Crippen LogP contribution in [0, 0.1) is 0 Å². The van der Waals surface area contributed by atoms with Crippen molar-refractivity contribution in [1.29, 1.82) is 0 Å². The minimum atomic E-state index is -0.0817. The zero-order chi connectivity index (χ0) is 22.4. The van der Waals surface area contributed by atoms with E-state index < -0.39 is 0 Å². The fourth-order valence-corrected chi connectivity index (χ4v) is 5.70. The fourth-order valence-electron chi connectivity index (χ4n) is 5.70. The van der Waals surface area contributed by atoms with E-state index in [1.54, 1.807) is 0 Å². The summed E-state index contributed by atoms with van der Waals surface area (Å²) >= 11 is 0. The van der Waals surface area contributed by atoms with Gasteiger partial charge in [0.1, 0.15) is 11.5 Å². The lowest BCUT2D eigenvalue weighted by Crippen LogP contribution is -2.47. The third kappa shape index (κ3) is 3.53. The van der Waals surface area contributed by atoms with Crippen molar-refractivity contribution >= 4 is 28.5 Å². The van der Waals surface area contributed by atoms with E-state index >= 15 is 0 Å². The van der Waals surface area contributed by atoms with E-state index in [-0.39, 0.29) is 5.54 Å². The summed E-state index contributed by atoms with van der Waals surface area (Å²) in [6.45, 7) is 9.43. The predicted molar refractivity (Wildman–Crippen MR) is 132 cm³/mol. The summed E-state index contributed by atoms with van der Waals surface area (Å²) in [5, 5.41) is 7.95. The Kier molecular flexibility index (Phi) is 4.98. The maximum atomic E-state index is 4.96. The van der Waals surface area contributed by atoms with Crippen LogP contribution in [0.2, 0.25) is 0 Å². The number of anilines is 3. The van der Waals surface area contributed by atoms with Crippen molar-refractivity contribution in [1.82, 2.24) is 29.7 Å². The maximum absolute atomic E-state index is 4.96. The molecule has 172 valence electrons. The summed E-state index contributed by atoms with van der Waals surface area (Å²) in [4.78, 5) is 18.9. The molecule has 0 atom stereocenters. The number of allylic oxidation sites excluding steroid dienone is 1. The number of pyridine rings is 1. The third-order valence-corrected chi connectivity index (χ3v) is 7.63. The number of piperazine rings is 1. The predicted octanol–water partition coefficient (Wildman–Crippen LogP) is 3.60. The fraction of sp³-hybridized carbons (Fsp3) is 0.480. The van der Waals surface area contributed by atoms with Crippen molar-refractivity contribution < 1.29 is 0 Å². The second-order valence-corrected chi connectivity index (χ2v) is 9.68. The van der Waals surface area contributed by atoms with Gasteiger partial charge in [-0.1, -0.05) is 25.8 Å². The zero-order valence-electron chi connectivity index (χ0n) is 19.3. The van der Waals surface area contributed by atoms with Crippen molar-refractivity contribution in [2.24, 2.45) is 0 Å². The summed E-state index contributed by atoms with van der Waals surface area (Å²) in [5.41, 5.74) is 4.46. The molecule has 33 heavy (non-hydrogen) atoms. The van der Waals surface area contributed by atoms with Crippen molar-refractivity contribution in [3.05, 3.63) is 48.6 Å². The van der Waals surface area contributed by atoms with Crippen LogP contribution in [0.3, 0.4) is 0 Å². The smallest absolute Gasteiger partial charge is 0.230 e. The number of nitrogens with zero attached hydrogens (tertiary/aromatic N) is 6. The van der Waals surface area contributed by atoms with Gasteiger partial charge >= 0.3 is 0 Å². The molecule has 1 spiro atoms. The second kappa shape index (κ2) is 8.02. The van der Waals surface area contributed by atoms with Gasteiger partial charge in [-0.15, -0.1) is 0 Å². The topological polar surface area (TPSA) is 74.1 Å². The number of fused-ring (bicyclic) bond motifs is 4. The average Bonchev–Trinajstić information content (AvgIpc) is 3.22. The molecule has 6 rings (SSSR count). The Morgan fingerprint density at radius 3 is 2.61 bits per heavy atom. The van der Waals surface area contributed by atoms with Crippen molar-refractivity contribution in [3.8, 4) is 0 Å². The van der Waals surface area contributed by atoms with Crippen molar-refractivity contribution in [2.45, 2.75) is 44.2 Å². The molecular formula is C25H32N8. The summed E-state index contributed by atoms with van der Waals surface area (Å²) < 4.78 is 2.44. The van der Waals surface area contributed by atoms with Crippen LogP contribution in [0.25, 0.3) is 11.0 Å². The van der Waals surface area contributed by atoms with Gasteiger partial charge in [-0.05, 0) is 38.1 Å². The first-order valence-corrected chi connectivity index (χ1v) is 12.1. The number of nitrogens with one attached hydrogen (secondary N) is 2. The Hall–Kier alpha value is -3.13. The molecule has 0 aromatic carbocycles. The molecule has 2 fully saturated rings. The molecule has 1 saturated heterocycles. The van der Waals surface area contributed by atoms with Gasteiger partial charge < -0.3 is 25.0 Å². The Balaban J connectivity index is 1.28. The van der Waals surface area contributed by atoms with Crippen LogP contribution in [0.4, 0.5) is 17.5 Å². The van der Waals surface area contributed by atoms with Gasteiger partial charge in [0.15, 0.2) is 0 Å². The number of likely N-dealkylation sites (N-methyl/N-ethyl adjacent to an activating group) is 1. The van der Waals surface area contributed by atoms with Gasteiger partial charge in [-0.25, -0.2) is 9.97 Å². The first-order chi connectivity index (χ1) is 16.1. The molecule has 0 bridgehead atoms. The molecule has 5 heterocycles. The molecular weight excluding hydrogens is 412 g/mol. The Morgan fingerprint density at radius 1 is 1.03 bits per heavy atom. The molecule has 2 N–H and O–H groups in total. The standard InChI is InChI=1S/C25H32N8/c1-18-25(8-4-3-5-9-25)33-21(17-26-18)14-19-15-28-24(30-23(19)33)29-22-7-6-20(16-27-22)32-12-10-31(2)11-13-32/h6-7,14-16,26H,1,3-5,8-13,17H2,2H3,(H,27,28,29,30). The molecule has 8 heteroatoms. The van der Waals surface area contributed by atoms with Gasteiger partial charge in [-0.2, -0.15) is 4.98 Å². The van der Waals surface area contributed by atoms with E-state index in [9.17, 15) is 0 Å². The molecule has 3 aromatic rings. The molecule has 1 saturated carbocycles. The molecule has 1 aliphatic carbocycles. The van der Waals surface area contributed by atoms with E-state index in [0.717, 1.165) is 73.8 Å². The van der Waals surface area contributed by atoms with Crippen LogP contribution in [0.15, 0.2) is 42.9 Å². The molecule has 3 aromatic heterocycles. The van der Waals surface area contributed by atoms with Gasteiger partial charge in [0.05, 0.1) is 24.0 Å². The van der Waals surface area contributed by atoms with Crippen LogP contribution in [-0.2, 0) is 12.1 Å². The van der Waals surface area contributed by atoms with Gasteiger partial charge in [-0.3, -0.25) is 0 Å². The molecule has 8 nitrogen and oxygen atoms in total. The van der Waals surface area contributed by atoms with Crippen molar-refractivity contribution in [2.75, 3.05) is 43.4 Å². The monoisotopic (exact) mass is 444 g/mol. The van der Waals surface area contributed by atoms with E-state index in [1.807, 2.05) is 18.5 Å². The quantitative estimate of drug-likeness (QED) is 0.639. The average molecular weight is 445 g/mol. The minimum Gasteiger partial charge on any atom is -0.381 e. The summed E-state index contributed by atoms with van der Waals surface area (Å²) in [5.74, 6) is 1.34. The Bertz CT molecular complexity index is 1170. The van der Waals surface area contributed by atoms with E-state index in [0.29, 0.717) is 5.95 Å². The normalized spacial score (nSPS) is 20.6. The molecule has 0 radical (unpaired) electrons. The number of hydrogen-bond acceptors (Lipinski definition) is 7. The zero-order valence-corrected chi connectivity index (χ0v) is 19.3. The molecule has 3 aliphatic rings. The van der Waals surface area contributed by atoms with Crippen LogP contribution in [0.1, 0.15) is 37.8 Å². The largest absolute Gasteiger partial charge is 0.381 e. The lowest BCUT2D eigenvalue weighted by atomic mass is 9.78. The lowest BCUT2D eigenvalue weighted by molar-refractivity contribution is 0.213. The second-order valence-electron chi connectivity index (χ2n) is 9.68. The van der Waals surface area contributed by atoms with Gasteiger partial charge in [0.25, 0.3) is 0 Å². The van der Waals surface area contributed by atoms with E-state index in [1.165, 1.54) is 25.0 Å². The van der Waals surface area contributed by atoms with Crippen LogP contribution < -0.4 is 15.5 Å². The first kappa shape index (κ1) is 20.5. The highest BCUT2D eigenvalue weighted by atomic mass is 15.3. The van der Waals surface area contributed by atoms with Crippen molar-refractivity contribution in [3.63, 3.8) is 0 Å². The van der Waals surface area contributed by atoms with Gasteiger partial charge in [0, 0.05) is 49.2 Å². The SMILES string of the molecule is C=C1NCc2cc3cnc(Nc4ccc(N5CCN(C)CC5)cn4)nc3n2C12CCCCC2. The maximum Gasteiger partial charge on any atom is 0.230 e. The molecule has 0 amide bonds. The highest BCUT2D eigenvalue weighted by Gasteiger charge is 2.41. The minimum absolute atomic E-state index is 0.0817. The number of aromatic nitrogens is 4. The van der Waals surface area contributed by atoms with Crippen LogP contribution >= 0.6 is 0 Å². The highest BCUT2D eigenvalue weighted by Crippen LogP contribution is 2.44. The van der Waals surface area contributed by atoms with E-state index in [4.69, 9.17) is 4.98 Å². The van der Waals surface area contributed by atoms with E-state index in [2.05, 4.69) is 60.7 Å². The molecule has 0 unspecified atom stereocenters. The van der Waals surface area contributed by atoms with Crippen LogP contribution in [0.5, 0.6) is 0 Å². The summed E-state index contributed by atoms with van der Waals surface area (Å²) in [6.07, 6.45) is 9.82. The Labute approximate surface area is 194 Å². The summed E-state index contributed by atoms with van der Waals surface area (Å²) in [7, 11) is 2.17. The summed E-state index contributed by atoms with van der Waals surface area (Å²) in [6, 6.07) is 6.37. The lowest BCUT2D eigenvalue weighted by Gasteiger charge is -2.45. The number of rotatable bonds is 3. The third-order valence-electron chi connectivity index (χ3n) is 7.63. The van der Waals surface area contributed by atoms with Gasteiger partial charge in [0.2, 0.25) is 5.95 Å². The Morgan fingerprint density at radius 2 is 1.85 bits per heavy atom. The highest BCUT2D eigenvalue weighted by molar-refractivity contribution is 5.79.